The van der Waals surface area contributed by atoms with Crippen molar-refractivity contribution in [2.75, 3.05) is 26.1 Å². The minimum atomic E-state index is -1.44. The van der Waals surface area contributed by atoms with Crippen LogP contribution in [0.3, 0.4) is 0 Å². The molecule has 1 unspecified atom stereocenters. The highest BCUT2D eigenvalue weighted by atomic mass is 16.5. The Morgan fingerprint density at radius 3 is 2.48 bits per heavy atom. The molecule has 160 valence electrons. The molecule has 0 aliphatic carbocycles. The second kappa shape index (κ2) is 7.59. The molecule has 1 saturated heterocycles. The van der Waals surface area contributed by atoms with Gasteiger partial charge < -0.3 is 19.2 Å². The van der Waals surface area contributed by atoms with E-state index in [1.807, 2.05) is 12.1 Å². The first-order valence-electron chi connectivity index (χ1n) is 9.24. The molecule has 1 atom stereocenters. The highest BCUT2D eigenvalue weighted by Crippen LogP contribution is 2.33. The average Bonchev–Trinajstić information content (AvgIpc) is 3.29. The summed E-state index contributed by atoms with van der Waals surface area (Å²) in [6.45, 7) is 0.988. The third-order valence-electron chi connectivity index (χ3n) is 4.84. The first kappa shape index (κ1) is 20.1. The van der Waals surface area contributed by atoms with E-state index in [4.69, 9.17) is 13.9 Å². The minimum Gasteiger partial charge on any atom is -0.481 e. The predicted octanol–water partition coefficient (Wildman–Crippen LogP) is 1.65. The van der Waals surface area contributed by atoms with E-state index >= 15 is 0 Å². The number of ether oxygens (including phenoxy) is 2. The summed E-state index contributed by atoms with van der Waals surface area (Å²) in [6, 6.07) is 9.65. The van der Waals surface area contributed by atoms with Crippen LogP contribution >= 0.6 is 0 Å². The van der Waals surface area contributed by atoms with Crippen LogP contribution in [0.2, 0.25) is 0 Å². The van der Waals surface area contributed by atoms with E-state index in [0.717, 1.165) is 10.3 Å². The van der Waals surface area contributed by atoms with Gasteiger partial charge in [0.15, 0.2) is 5.54 Å². The summed E-state index contributed by atoms with van der Waals surface area (Å²) in [6.07, 6.45) is 0. The Labute approximate surface area is 176 Å². The molecule has 4 rings (SSSR count). The molecule has 1 aromatic carbocycles. The monoisotopic (exact) mass is 425 g/mol. The number of carbonyl (C=O) groups is 3. The van der Waals surface area contributed by atoms with Gasteiger partial charge in [-0.2, -0.15) is 9.97 Å². The lowest BCUT2D eigenvalue weighted by Gasteiger charge is -2.18. The van der Waals surface area contributed by atoms with Crippen molar-refractivity contribution >= 4 is 34.8 Å². The van der Waals surface area contributed by atoms with Crippen molar-refractivity contribution in [2.24, 2.45) is 0 Å². The second-order valence-electron chi connectivity index (χ2n) is 6.92. The van der Waals surface area contributed by atoms with Gasteiger partial charge in [0.05, 0.1) is 20.3 Å². The quantitative estimate of drug-likeness (QED) is 0.569. The summed E-state index contributed by atoms with van der Waals surface area (Å²) in [5, 5.41) is 5.83. The van der Waals surface area contributed by atoms with Gasteiger partial charge in [0.1, 0.15) is 17.9 Å². The Balaban J connectivity index is 1.52. The summed E-state index contributed by atoms with van der Waals surface area (Å²) < 4.78 is 15.8. The molecule has 1 aliphatic heterocycles. The van der Waals surface area contributed by atoms with Gasteiger partial charge in [-0.05, 0) is 19.1 Å². The molecule has 4 amide bonds. The summed E-state index contributed by atoms with van der Waals surface area (Å²) in [4.78, 5) is 46.8. The number of rotatable bonds is 6. The molecule has 1 fully saturated rings. The van der Waals surface area contributed by atoms with Crippen LogP contribution in [-0.2, 0) is 15.1 Å². The normalized spacial score (nSPS) is 18.2. The highest BCUT2D eigenvalue weighted by molar-refractivity contribution is 6.10. The number of carbonyl (C=O) groups excluding carboxylic acids is 3. The van der Waals surface area contributed by atoms with Gasteiger partial charge in [-0.3, -0.25) is 19.8 Å². The number of hydrogen-bond donors (Lipinski definition) is 2. The number of benzene rings is 1. The largest absolute Gasteiger partial charge is 0.481 e. The zero-order valence-corrected chi connectivity index (χ0v) is 17.0. The fraction of sp³-hybridized carbons (Fsp3) is 0.250. The van der Waals surface area contributed by atoms with E-state index in [0.29, 0.717) is 5.58 Å². The SMILES string of the molecule is COc1cc(OC)nc(NC(=O)CN2C(=O)NC(C)(c3cc4ccccc4o3)C2=O)n1. The van der Waals surface area contributed by atoms with Crippen LogP contribution in [0.4, 0.5) is 10.7 Å². The zero-order valence-electron chi connectivity index (χ0n) is 17.0. The Bertz CT molecular complexity index is 1140. The molecule has 0 bridgehead atoms. The molecule has 3 aromatic rings. The summed E-state index contributed by atoms with van der Waals surface area (Å²) >= 11 is 0. The van der Waals surface area contributed by atoms with Crippen LogP contribution in [0.25, 0.3) is 11.0 Å². The van der Waals surface area contributed by atoms with Crippen LogP contribution in [-0.4, -0.2) is 53.5 Å². The fourth-order valence-electron chi connectivity index (χ4n) is 3.21. The molecule has 11 heteroatoms. The number of nitrogens with one attached hydrogen (secondary N) is 2. The van der Waals surface area contributed by atoms with Crippen LogP contribution in [0, 0.1) is 0 Å². The van der Waals surface area contributed by atoms with Crippen molar-refractivity contribution < 1.29 is 28.3 Å². The number of nitrogens with zero attached hydrogens (tertiary/aromatic N) is 3. The van der Waals surface area contributed by atoms with E-state index in [9.17, 15) is 14.4 Å². The number of amides is 4. The number of para-hydroxylation sites is 1. The van der Waals surface area contributed by atoms with Crippen molar-refractivity contribution in [2.45, 2.75) is 12.5 Å². The van der Waals surface area contributed by atoms with E-state index in [1.165, 1.54) is 27.2 Å². The van der Waals surface area contributed by atoms with Crippen molar-refractivity contribution in [3.8, 4) is 11.8 Å². The standard InChI is InChI=1S/C20H19N5O6/c1-20(13-8-11-6-4-5-7-12(11)31-13)17(27)25(19(28)24-20)10-14(26)21-18-22-15(29-2)9-16(23-18)30-3/h4-9H,10H2,1-3H3,(H,24,28)(H,21,22,23,26). The summed E-state index contributed by atoms with van der Waals surface area (Å²) in [7, 11) is 2.80. The van der Waals surface area contributed by atoms with Gasteiger partial charge in [0.25, 0.3) is 5.91 Å². The Morgan fingerprint density at radius 1 is 1.16 bits per heavy atom. The van der Waals surface area contributed by atoms with Gasteiger partial charge in [-0.15, -0.1) is 0 Å². The average molecular weight is 425 g/mol. The maximum atomic E-state index is 13.0. The first-order chi connectivity index (χ1) is 14.8. The molecule has 0 saturated carbocycles. The molecule has 0 spiro atoms. The van der Waals surface area contributed by atoms with E-state index in [1.54, 1.807) is 18.2 Å². The molecule has 3 heterocycles. The number of urea groups is 1. The van der Waals surface area contributed by atoms with Crippen LogP contribution in [0.15, 0.2) is 40.8 Å². The smallest absolute Gasteiger partial charge is 0.325 e. The molecule has 0 radical (unpaired) electrons. The predicted molar refractivity (Wildman–Crippen MR) is 108 cm³/mol. The Hall–Kier alpha value is -4.15. The van der Waals surface area contributed by atoms with Gasteiger partial charge in [-0.25, -0.2) is 4.79 Å². The number of aromatic nitrogens is 2. The highest BCUT2D eigenvalue weighted by Gasteiger charge is 2.51. The van der Waals surface area contributed by atoms with Crippen LogP contribution in [0.1, 0.15) is 12.7 Å². The summed E-state index contributed by atoms with van der Waals surface area (Å²) in [5.41, 5.74) is -0.854. The van der Waals surface area contributed by atoms with Crippen LogP contribution < -0.4 is 20.1 Å². The van der Waals surface area contributed by atoms with Crippen molar-refractivity contribution in [3.63, 3.8) is 0 Å². The van der Waals surface area contributed by atoms with Crippen molar-refractivity contribution in [3.05, 3.63) is 42.2 Å². The molecular formula is C20H19N5O6. The third kappa shape index (κ3) is 3.61. The van der Waals surface area contributed by atoms with Gasteiger partial charge >= 0.3 is 6.03 Å². The van der Waals surface area contributed by atoms with Crippen molar-refractivity contribution in [1.29, 1.82) is 0 Å². The van der Waals surface area contributed by atoms with Gasteiger partial charge in [-0.1, -0.05) is 18.2 Å². The lowest BCUT2D eigenvalue weighted by molar-refractivity contribution is -0.134. The van der Waals surface area contributed by atoms with E-state index in [2.05, 4.69) is 20.6 Å². The van der Waals surface area contributed by atoms with Crippen molar-refractivity contribution in [1.82, 2.24) is 20.2 Å². The molecule has 1 aliphatic rings. The Kier molecular flexibility index (Phi) is 4.93. The molecule has 11 nitrogen and oxygen atoms in total. The summed E-state index contributed by atoms with van der Waals surface area (Å²) in [5.74, 6) is -0.753. The number of hydrogen-bond acceptors (Lipinski definition) is 8. The third-order valence-corrected chi connectivity index (χ3v) is 4.84. The van der Waals surface area contributed by atoms with E-state index < -0.39 is 29.9 Å². The first-order valence-corrected chi connectivity index (χ1v) is 9.24. The Morgan fingerprint density at radius 2 is 1.84 bits per heavy atom. The van der Waals surface area contributed by atoms with E-state index in [-0.39, 0.29) is 23.5 Å². The lowest BCUT2D eigenvalue weighted by Crippen LogP contribution is -2.42. The van der Waals surface area contributed by atoms with Gasteiger partial charge in [0, 0.05) is 5.39 Å². The zero-order chi connectivity index (χ0) is 22.2. The molecule has 31 heavy (non-hydrogen) atoms. The number of fused-ring (bicyclic) bond motifs is 1. The molecular weight excluding hydrogens is 406 g/mol. The number of methoxy groups -OCH3 is 2. The minimum absolute atomic E-state index is 0.0895. The topological polar surface area (TPSA) is 136 Å². The maximum absolute atomic E-state index is 13.0. The lowest BCUT2D eigenvalue weighted by atomic mass is 9.99. The maximum Gasteiger partial charge on any atom is 0.325 e. The fourth-order valence-corrected chi connectivity index (χ4v) is 3.21. The number of furan rings is 1. The van der Waals surface area contributed by atoms with Crippen LogP contribution in [0.5, 0.6) is 11.8 Å². The number of anilines is 1. The second-order valence-corrected chi connectivity index (χ2v) is 6.92. The molecule has 2 N–H and O–H groups in total. The number of imide groups is 1. The molecule has 2 aromatic heterocycles. The van der Waals surface area contributed by atoms with Gasteiger partial charge in [0.2, 0.25) is 23.6 Å².